The van der Waals surface area contributed by atoms with E-state index in [2.05, 4.69) is 10.2 Å². The van der Waals surface area contributed by atoms with E-state index >= 15 is 0 Å². The molecule has 1 fully saturated rings. The number of fused-ring (bicyclic) bond motifs is 3. The van der Waals surface area contributed by atoms with Gasteiger partial charge in [-0.05, 0) is 43.9 Å². The standard InChI is InChI=1S/C23H29N3O7S/c1-6-32-20-10-14-15-9-13(33-34(5,27)28)7-8-18(15)24-22(16(14)11-19(20)29-2)17-12-21(30-3)25-26-23(17)31-4/h10-13,15,18H,6-9H2,1-5H3/t13-,15-,18-/m1/s1. The van der Waals surface area contributed by atoms with Crippen molar-refractivity contribution in [3.05, 3.63) is 34.9 Å². The van der Waals surface area contributed by atoms with Gasteiger partial charge in [-0.2, -0.15) is 8.42 Å². The Labute approximate surface area is 199 Å². The number of hydrogen-bond donors (Lipinski definition) is 0. The van der Waals surface area contributed by atoms with E-state index in [9.17, 15) is 8.42 Å². The van der Waals surface area contributed by atoms with Crippen LogP contribution in [0.15, 0.2) is 23.2 Å². The van der Waals surface area contributed by atoms with Crippen molar-refractivity contribution in [3.63, 3.8) is 0 Å². The predicted octanol–water partition coefficient (Wildman–Crippen LogP) is 2.73. The first-order chi connectivity index (χ1) is 16.3. The second kappa shape index (κ2) is 9.75. The van der Waals surface area contributed by atoms with Crippen LogP contribution in [0.4, 0.5) is 0 Å². The number of ether oxygens (including phenoxy) is 4. The molecule has 0 spiro atoms. The Hall–Kier alpha value is -2.92. The van der Waals surface area contributed by atoms with Crippen LogP contribution in [0.3, 0.4) is 0 Å². The molecule has 0 radical (unpaired) electrons. The predicted molar refractivity (Wildman–Crippen MR) is 125 cm³/mol. The molecule has 1 saturated carbocycles. The first-order valence-corrected chi connectivity index (χ1v) is 12.9. The summed E-state index contributed by atoms with van der Waals surface area (Å²) in [7, 11) is 1.07. The summed E-state index contributed by atoms with van der Waals surface area (Å²) in [6.07, 6.45) is 2.45. The molecule has 2 aliphatic rings. The molecule has 1 aliphatic carbocycles. The van der Waals surface area contributed by atoms with Gasteiger partial charge in [-0.1, -0.05) is 0 Å². The average molecular weight is 492 g/mol. The minimum absolute atomic E-state index is 0.0490. The Morgan fingerprint density at radius 3 is 2.41 bits per heavy atom. The van der Waals surface area contributed by atoms with Crippen molar-refractivity contribution >= 4 is 15.8 Å². The van der Waals surface area contributed by atoms with Gasteiger partial charge in [-0.25, -0.2) is 0 Å². The summed E-state index contributed by atoms with van der Waals surface area (Å²) in [5.41, 5.74) is 3.15. The number of methoxy groups -OCH3 is 3. The summed E-state index contributed by atoms with van der Waals surface area (Å²) in [6.45, 7) is 2.38. The lowest BCUT2D eigenvalue weighted by Gasteiger charge is -2.38. The Morgan fingerprint density at radius 2 is 1.76 bits per heavy atom. The fourth-order valence-corrected chi connectivity index (χ4v) is 5.36. The van der Waals surface area contributed by atoms with Gasteiger partial charge in [0.1, 0.15) is 0 Å². The topological polar surface area (TPSA) is 118 Å². The molecule has 0 amide bonds. The van der Waals surface area contributed by atoms with Crippen LogP contribution in [0.5, 0.6) is 23.3 Å². The van der Waals surface area contributed by atoms with Crippen LogP contribution in [0.2, 0.25) is 0 Å². The molecule has 4 rings (SSSR count). The maximum Gasteiger partial charge on any atom is 0.264 e. The lowest BCUT2D eigenvalue weighted by Crippen LogP contribution is -2.36. The zero-order chi connectivity index (χ0) is 24.5. The van der Waals surface area contributed by atoms with Crippen molar-refractivity contribution in [1.29, 1.82) is 0 Å². The van der Waals surface area contributed by atoms with Gasteiger partial charge in [0.15, 0.2) is 11.5 Å². The number of nitrogens with zero attached hydrogens (tertiary/aromatic N) is 3. The molecular weight excluding hydrogens is 462 g/mol. The highest BCUT2D eigenvalue weighted by molar-refractivity contribution is 7.86. The molecule has 2 heterocycles. The molecule has 0 saturated heterocycles. The molecule has 2 aromatic rings. The number of aromatic nitrogens is 2. The number of benzene rings is 1. The molecule has 10 nitrogen and oxygen atoms in total. The Kier molecular flexibility index (Phi) is 6.94. The Morgan fingerprint density at radius 1 is 0.971 bits per heavy atom. The van der Waals surface area contributed by atoms with Gasteiger partial charge in [0.05, 0.1) is 57.6 Å². The van der Waals surface area contributed by atoms with E-state index in [1.807, 2.05) is 19.1 Å². The van der Waals surface area contributed by atoms with Crippen molar-refractivity contribution < 1.29 is 31.5 Å². The third kappa shape index (κ3) is 4.80. The van der Waals surface area contributed by atoms with E-state index in [1.165, 1.54) is 14.2 Å². The molecule has 1 aromatic carbocycles. The summed E-state index contributed by atoms with van der Waals surface area (Å²) in [6, 6.07) is 5.53. The summed E-state index contributed by atoms with van der Waals surface area (Å²) in [4.78, 5) is 5.09. The van der Waals surface area contributed by atoms with Crippen molar-refractivity contribution in [2.75, 3.05) is 34.2 Å². The van der Waals surface area contributed by atoms with Gasteiger partial charge in [-0.3, -0.25) is 9.18 Å². The first-order valence-electron chi connectivity index (χ1n) is 11.0. The van der Waals surface area contributed by atoms with Crippen molar-refractivity contribution in [3.8, 4) is 23.3 Å². The van der Waals surface area contributed by atoms with Gasteiger partial charge in [0.2, 0.25) is 11.8 Å². The third-order valence-corrected chi connectivity index (χ3v) is 6.68. The van der Waals surface area contributed by atoms with E-state index in [0.717, 1.165) is 17.4 Å². The van der Waals surface area contributed by atoms with Crippen LogP contribution in [-0.4, -0.2) is 70.7 Å². The third-order valence-electron chi connectivity index (χ3n) is 6.06. The average Bonchev–Trinajstić information content (AvgIpc) is 2.82. The zero-order valence-electron chi connectivity index (χ0n) is 19.9. The fourth-order valence-electron chi connectivity index (χ4n) is 4.69. The van der Waals surface area contributed by atoms with Gasteiger partial charge in [-0.15, -0.1) is 10.2 Å². The lowest BCUT2D eigenvalue weighted by atomic mass is 9.74. The van der Waals surface area contributed by atoms with E-state index in [4.69, 9.17) is 28.1 Å². The molecule has 11 heteroatoms. The van der Waals surface area contributed by atoms with Crippen molar-refractivity contribution in [2.24, 2.45) is 4.99 Å². The van der Waals surface area contributed by atoms with Gasteiger partial charge < -0.3 is 18.9 Å². The van der Waals surface area contributed by atoms with Gasteiger partial charge >= 0.3 is 0 Å². The molecule has 1 aromatic heterocycles. The second-order valence-electron chi connectivity index (χ2n) is 8.22. The highest BCUT2D eigenvalue weighted by Gasteiger charge is 2.39. The normalized spacial score (nSPS) is 21.7. The highest BCUT2D eigenvalue weighted by atomic mass is 32.2. The smallest absolute Gasteiger partial charge is 0.264 e. The summed E-state index contributed by atoms with van der Waals surface area (Å²) < 4.78 is 51.1. The van der Waals surface area contributed by atoms with Crippen LogP contribution < -0.4 is 18.9 Å². The van der Waals surface area contributed by atoms with E-state index in [1.54, 1.807) is 13.2 Å². The number of rotatable bonds is 8. The molecule has 0 unspecified atom stereocenters. The lowest BCUT2D eigenvalue weighted by molar-refractivity contribution is 0.141. The fraction of sp³-hybridized carbons (Fsp3) is 0.522. The van der Waals surface area contributed by atoms with Crippen LogP contribution in [0.1, 0.15) is 48.8 Å². The van der Waals surface area contributed by atoms with Crippen LogP contribution in [-0.2, 0) is 14.3 Å². The largest absolute Gasteiger partial charge is 0.493 e. The maximum absolute atomic E-state index is 11.8. The van der Waals surface area contributed by atoms with Gasteiger partial charge in [0.25, 0.3) is 10.1 Å². The Bertz CT molecular complexity index is 1200. The highest BCUT2D eigenvalue weighted by Crippen LogP contribution is 2.46. The number of aliphatic imine (C=N–C) groups is 1. The van der Waals surface area contributed by atoms with Crippen molar-refractivity contribution in [2.45, 2.75) is 44.2 Å². The van der Waals surface area contributed by atoms with Crippen molar-refractivity contribution in [1.82, 2.24) is 10.2 Å². The summed E-state index contributed by atoms with van der Waals surface area (Å²) >= 11 is 0. The zero-order valence-corrected chi connectivity index (χ0v) is 20.7. The maximum atomic E-state index is 11.8. The van der Waals surface area contributed by atoms with E-state index in [-0.39, 0.29) is 12.0 Å². The molecule has 3 atom stereocenters. The SMILES string of the molecule is CCOc1cc2c(cc1OC)C(c1cc(OC)nnc1OC)=N[C@@H]1CC[C@@H](OS(C)(=O)=O)C[C@H]21. The molecule has 0 N–H and O–H groups in total. The summed E-state index contributed by atoms with van der Waals surface area (Å²) in [5, 5.41) is 8.15. The monoisotopic (exact) mass is 491 g/mol. The van der Waals surface area contributed by atoms with Gasteiger partial charge in [0, 0.05) is 17.5 Å². The summed E-state index contributed by atoms with van der Waals surface area (Å²) in [5.74, 6) is 1.80. The van der Waals surface area contributed by atoms with E-state index < -0.39 is 16.2 Å². The molecule has 34 heavy (non-hydrogen) atoms. The molecule has 184 valence electrons. The van der Waals surface area contributed by atoms with Crippen LogP contribution in [0, 0.1) is 0 Å². The quantitative estimate of drug-likeness (QED) is 0.514. The molecule has 1 aliphatic heterocycles. The second-order valence-corrected chi connectivity index (χ2v) is 9.82. The van der Waals surface area contributed by atoms with Crippen LogP contribution >= 0.6 is 0 Å². The van der Waals surface area contributed by atoms with E-state index in [0.29, 0.717) is 60.4 Å². The number of hydrogen-bond acceptors (Lipinski definition) is 10. The Balaban J connectivity index is 1.87. The molecule has 0 bridgehead atoms. The van der Waals surface area contributed by atoms with Crippen LogP contribution in [0.25, 0.3) is 0 Å². The minimum atomic E-state index is -3.56. The molecular formula is C23H29N3O7S. The minimum Gasteiger partial charge on any atom is -0.493 e. The first kappa shape index (κ1) is 24.2.